The molecule has 1 fully saturated rings. The van der Waals surface area contributed by atoms with Gasteiger partial charge in [-0.15, -0.1) is 0 Å². The number of halogens is 4. The lowest BCUT2D eigenvalue weighted by Gasteiger charge is -2.36. The van der Waals surface area contributed by atoms with E-state index in [1.54, 1.807) is 32.4 Å². The zero-order valence-electron chi connectivity index (χ0n) is 22.4. The quantitative estimate of drug-likeness (QED) is 0.295. The molecule has 3 aromatic carbocycles. The summed E-state index contributed by atoms with van der Waals surface area (Å²) in [7, 11) is 3.13. The van der Waals surface area contributed by atoms with Crippen molar-refractivity contribution in [2.45, 2.75) is 25.3 Å². The van der Waals surface area contributed by atoms with E-state index in [2.05, 4.69) is 4.90 Å². The lowest BCUT2D eigenvalue weighted by Crippen LogP contribution is -2.50. The Balaban J connectivity index is 1.35. The van der Waals surface area contributed by atoms with Crippen LogP contribution in [0, 0.1) is 0 Å². The number of amides is 1. The van der Waals surface area contributed by atoms with E-state index in [1.807, 2.05) is 29.2 Å². The van der Waals surface area contributed by atoms with Crippen LogP contribution < -0.4 is 9.47 Å². The molecule has 6 nitrogen and oxygen atoms in total. The topological polar surface area (TPSA) is 51.2 Å². The molecule has 0 spiro atoms. The Labute approximate surface area is 237 Å². The number of carbonyl (C=O) groups excluding carboxylic acids is 1. The number of alkyl halides is 3. The molecule has 0 bridgehead atoms. The molecule has 1 heterocycles. The zero-order valence-corrected chi connectivity index (χ0v) is 23.2. The number of rotatable bonds is 10. The fourth-order valence-corrected chi connectivity index (χ4v) is 4.74. The summed E-state index contributed by atoms with van der Waals surface area (Å²) in [6.07, 6.45) is -4.44. The Hall–Kier alpha value is -3.27. The minimum Gasteiger partial charge on any atom is -0.493 e. The molecule has 10 heteroatoms. The van der Waals surface area contributed by atoms with E-state index in [-0.39, 0.29) is 25.0 Å². The molecule has 1 saturated heterocycles. The zero-order chi connectivity index (χ0) is 28.7. The van der Waals surface area contributed by atoms with Crippen LogP contribution in [0.4, 0.5) is 13.2 Å². The normalized spacial score (nSPS) is 15.1. The van der Waals surface area contributed by atoms with Crippen molar-refractivity contribution in [1.82, 2.24) is 9.80 Å². The maximum atomic E-state index is 13.0. The highest BCUT2D eigenvalue weighted by Gasteiger charge is 2.30. The molecule has 214 valence electrons. The van der Waals surface area contributed by atoms with E-state index in [0.717, 1.165) is 23.3 Å². The van der Waals surface area contributed by atoms with Gasteiger partial charge in [0.25, 0.3) is 0 Å². The van der Waals surface area contributed by atoms with Crippen LogP contribution in [0.3, 0.4) is 0 Å². The predicted octanol–water partition coefficient (Wildman–Crippen LogP) is 6.02. The standard InChI is InChI=1S/C30H32ClF3N2O4/c1-38-26-12-5-22(17-27(26)39-2)18-29(37)36-15-13-35(14-16-36)19-28(23-6-10-25(31)11-7-23)40-20-21-3-8-24(9-4-21)30(32,33)34/h3-12,17,28H,13-16,18-20H2,1-2H3/t28-/m1/s1. The van der Waals surface area contributed by atoms with Crippen molar-refractivity contribution in [3.63, 3.8) is 0 Å². The molecular weight excluding hydrogens is 545 g/mol. The number of methoxy groups -OCH3 is 2. The minimum absolute atomic E-state index is 0.0414. The van der Waals surface area contributed by atoms with Crippen molar-refractivity contribution in [3.05, 3.63) is 94.0 Å². The van der Waals surface area contributed by atoms with Crippen LogP contribution >= 0.6 is 11.6 Å². The molecule has 40 heavy (non-hydrogen) atoms. The van der Waals surface area contributed by atoms with Crippen molar-refractivity contribution in [1.29, 1.82) is 0 Å². The van der Waals surface area contributed by atoms with Crippen molar-refractivity contribution in [3.8, 4) is 11.5 Å². The van der Waals surface area contributed by atoms with Gasteiger partial charge in [0.2, 0.25) is 5.91 Å². The first-order valence-electron chi connectivity index (χ1n) is 12.9. The van der Waals surface area contributed by atoms with Crippen LogP contribution in [-0.4, -0.2) is 62.7 Å². The third-order valence-electron chi connectivity index (χ3n) is 6.93. The Kier molecular flexibility index (Phi) is 9.95. The third-order valence-corrected chi connectivity index (χ3v) is 7.18. The number of benzene rings is 3. The molecule has 0 N–H and O–H groups in total. The van der Waals surface area contributed by atoms with Gasteiger partial charge in [-0.25, -0.2) is 0 Å². The highest BCUT2D eigenvalue weighted by Crippen LogP contribution is 2.30. The number of nitrogens with zero attached hydrogens (tertiary/aromatic N) is 2. The third kappa shape index (κ3) is 7.90. The number of ether oxygens (including phenoxy) is 3. The smallest absolute Gasteiger partial charge is 0.416 e. The number of carbonyl (C=O) groups is 1. The lowest BCUT2D eigenvalue weighted by molar-refractivity contribution is -0.137. The largest absolute Gasteiger partial charge is 0.493 e. The molecule has 0 aromatic heterocycles. The summed E-state index contributed by atoms with van der Waals surface area (Å²) in [4.78, 5) is 17.1. The van der Waals surface area contributed by atoms with E-state index >= 15 is 0 Å². The van der Waals surface area contributed by atoms with Crippen molar-refractivity contribution in [2.75, 3.05) is 46.9 Å². The second-order valence-corrected chi connectivity index (χ2v) is 10.0. The van der Waals surface area contributed by atoms with E-state index in [0.29, 0.717) is 54.8 Å². The SMILES string of the molecule is COc1ccc(CC(=O)N2CCN(C[C@@H](OCc3ccc(C(F)(F)F)cc3)c3ccc(Cl)cc3)CC2)cc1OC. The van der Waals surface area contributed by atoms with Crippen LogP contribution in [0.1, 0.15) is 28.4 Å². The van der Waals surface area contributed by atoms with Crippen molar-refractivity contribution >= 4 is 17.5 Å². The molecular formula is C30H32ClF3N2O4. The Bertz CT molecular complexity index is 1260. The van der Waals surface area contributed by atoms with Gasteiger partial charge >= 0.3 is 6.18 Å². The molecule has 0 radical (unpaired) electrons. The van der Waals surface area contributed by atoms with Gasteiger partial charge < -0.3 is 19.1 Å². The molecule has 1 amide bonds. The van der Waals surface area contributed by atoms with Gasteiger partial charge in [0, 0.05) is 37.7 Å². The predicted molar refractivity (Wildman–Crippen MR) is 147 cm³/mol. The minimum atomic E-state index is -4.38. The second-order valence-electron chi connectivity index (χ2n) is 9.59. The van der Waals surface area contributed by atoms with Gasteiger partial charge in [0.1, 0.15) is 0 Å². The van der Waals surface area contributed by atoms with Crippen LogP contribution in [-0.2, 0) is 28.7 Å². The fraction of sp³-hybridized carbons (Fsp3) is 0.367. The maximum Gasteiger partial charge on any atom is 0.416 e. The van der Waals surface area contributed by atoms with E-state index in [9.17, 15) is 18.0 Å². The van der Waals surface area contributed by atoms with E-state index < -0.39 is 11.7 Å². The molecule has 0 unspecified atom stereocenters. The summed E-state index contributed by atoms with van der Waals surface area (Å²) in [6, 6.07) is 17.8. The van der Waals surface area contributed by atoms with Gasteiger partial charge in [0.05, 0.1) is 38.9 Å². The lowest BCUT2D eigenvalue weighted by atomic mass is 10.1. The molecule has 0 saturated carbocycles. The van der Waals surface area contributed by atoms with E-state index in [4.69, 9.17) is 25.8 Å². The molecule has 3 aromatic rings. The first kappa shape index (κ1) is 29.7. The molecule has 4 rings (SSSR count). The summed E-state index contributed by atoms with van der Waals surface area (Å²) in [5.41, 5.74) is 1.73. The van der Waals surface area contributed by atoms with Crippen molar-refractivity contribution in [2.24, 2.45) is 0 Å². The van der Waals surface area contributed by atoms with Gasteiger partial charge in [0.15, 0.2) is 11.5 Å². The van der Waals surface area contributed by atoms with Gasteiger partial charge in [-0.05, 0) is 53.1 Å². The fourth-order valence-electron chi connectivity index (χ4n) is 4.61. The highest BCUT2D eigenvalue weighted by atomic mass is 35.5. The molecule has 1 aliphatic rings. The highest BCUT2D eigenvalue weighted by molar-refractivity contribution is 6.30. The monoisotopic (exact) mass is 576 g/mol. The number of piperazine rings is 1. The van der Waals surface area contributed by atoms with Gasteiger partial charge in [-0.2, -0.15) is 13.2 Å². The number of hydrogen-bond acceptors (Lipinski definition) is 5. The van der Waals surface area contributed by atoms with Crippen molar-refractivity contribution < 1.29 is 32.2 Å². The average Bonchev–Trinajstić information content (AvgIpc) is 2.95. The summed E-state index contributed by atoms with van der Waals surface area (Å²) < 4.78 is 55.6. The number of hydrogen-bond donors (Lipinski definition) is 0. The van der Waals surface area contributed by atoms with Crippen LogP contribution in [0.15, 0.2) is 66.7 Å². The molecule has 1 atom stereocenters. The average molecular weight is 577 g/mol. The maximum absolute atomic E-state index is 13.0. The Morgan fingerprint density at radius 3 is 2.10 bits per heavy atom. The molecule has 0 aliphatic carbocycles. The van der Waals surface area contributed by atoms with Crippen LogP contribution in [0.25, 0.3) is 0 Å². The first-order valence-corrected chi connectivity index (χ1v) is 13.3. The van der Waals surface area contributed by atoms with Gasteiger partial charge in [-0.1, -0.05) is 41.9 Å². The second kappa shape index (κ2) is 13.4. The van der Waals surface area contributed by atoms with Crippen LogP contribution in [0.5, 0.6) is 11.5 Å². The van der Waals surface area contributed by atoms with E-state index in [1.165, 1.54) is 12.1 Å². The Morgan fingerprint density at radius 1 is 0.875 bits per heavy atom. The molecule has 1 aliphatic heterocycles. The summed E-state index contributed by atoms with van der Waals surface area (Å²) in [6.45, 7) is 3.24. The van der Waals surface area contributed by atoms with Crippen LogP contribution in [0.2, 0.25) is 5.02 Å². The summed E-state index contributed by atoms with van der Waals surface area (Å²) in [5.74, 6) is 1.24. The van der Waals surface area contributed by atoms with Gasteiger partial charge in [-0.3, -0.25) is 9.69 Å². The Morgan fingerprint density at radius 2 is 1.50 bits per heavy atom. The first-order chi connectivity index (χ1) is 19.2. The summed E-state index contributed by atoms with van der Waals surface area (Å²) in [5, 5.41) is 0.604. The summed E-state index contributed by atoms with van der Waals surface area (Å²) >= 11 is 6.07.